The van der Waals surface area contributed by atoms with Crippen molar-refractivity contribution in [1.29, 1.82) is 0 Å². The normalized spacial score (nSPS) is 21.2. The third-order valence-corrected chi connectivity index (χ3v) is 7.98. The van der Waals surface area contributed by atoms with Crippen LogP contribution in [0.2, 0.25) is 0 Å². The molecule has 12 nitrogen and oxygen atoms in total. The van der Waals surface area contributed by atoms with Crippen LogP contribution in [0.15, 0.2) is 47.6 Å². The maximum Gasteiger partial charge on any atom is 0.316 e. The lowest BCUT2D eigenvalue weighted by atomic mass is 10.0. The zero-order valence-corrected chi connectivity index (χ0v) is 23.5. The average Bonchev–Trinajstić information content (AvgIpc) is 3.30. The van der Waals surface area contributed by atoms with Crippen LogP contribution in [-0.2, 0) is 16.1 Å². The highest BCUT2D eigenvalue weighted by molar-refractivity contribution is 9.10. The number of nitrogens with one attached hydrogen (secondary N) is 1. The second kappa shape index (κ2) is 9.73. The standard InChI is InChI=1S/C27H25BrN8O4/c1-14(37)24-17-6-15(16-9-30-26(40-3)31-10-16)4-5-18(17)35(34-24)13-23(38)36-19(7-27(2)8-20(27)36)25(39)33-22-12-29-11-21(28)32-22/h4-6,9-12,19-20H,7-8,13H2,1-3H3,(H,32,33,39)/t19-,20?,27-/m0/s1. The van der Waals surface area contributed by atoms with E-state index >= 15 is 0 Å². The van der Waals surface area contributed by atoms with Crippen LogP contribution >= 0.6 is 15.9 Å². The van der Waals surface area contributed by atoms with Crippen LogP contribution in [0.4, 0.5) is 5.82 Å². The molecule has 6 rings (SSSR count). The highest BCUT2D eigenvalue weighted by Gasteiger charge is 2.64. The third-order valence-electron chi connectivity index (χ3n) is 7.60. The number of nitrogens with zero attached hydrogens (tertiary/aromatic N) is 7. The Kier molecular flexibility index (Phi) is 6.32. The number of carbonyl (C=O) groups is 3. The number of ether oxygens (including phenoxy) is 1. The van der Waals surface area contributed by atoms with Crippen molar-refractivity contribution in [2.75, 3.05) is 12.4 Å². The maximum absolute atomic E-state index is 13.7. The summed E-state index contributed by atoms with van der Waals surface area (Å²) < 4.78 is 7.06. The molecule has 1 saturated heterocycles. The van der Waals surface area contributed by atoms with E-state index < -0.39 is 6.04 Å². The van der Waals surface area contributed by atoms with E-state index in [1.807, 2.05) is 18.2 Å². The number of hydrogen-bond acceptors (Lipinski definition) is 9. The Bertz CT molecular complexity index is 1670. The first-order valence-corrected chi connectivity index (χ1v) is 13.4. The van der Waals surface area contributed by atoms with Crippen LogP contribution in [-0.4, -0.2) is 71.4 Å². The second-order valence-electron chi connectivity index (χ2n) is 10.4. The topological polar surface area (TPSA) is 145 Å². The minimum absolute atomic E-state index is 0.0277. The number of rotatable bonds is 7. The van der Waals surface area contributed by atoms with Crippen LogP contribution < -0.4 is 10.1 Å². The zero-order valence-electron chi connectivity index (χ0n) is 22.0. The number of methoxy groups -OCH3 is 1. The quantitative estimate of drug-likeness (QED) is 0.314. The van der Waals surface area contributed by atoms with Crippen LogP contribution in [0.3, 0.4) is 0 Å². The predicted octanol–water partition coefficient (Wildman–Crippen LogP) is 3.28. The molecule has 13 heteroatoms. The molecule has 2 aliphatic rings. The van der Waals surface area contributed by atoms with Gasteiger partial charge in [-0.3, -0.25) is 24.0 Å². The van der Waals surface area contributed by atoms with Gasteiger partial charge in [0.25, 0.3) is 0 Å². The number of Topliss-reactive ketones (excluding diaryl/α,β-unsaturated/α-hetero) is 1. The lowest BCUT2D eigenvalue weighted by molar-refractivity contribution is -0.138. The van der Waals surface area contributed by atoms with Crippen molar-refractivity contribution in [1.82, 2.24) is 34.6 Å². The lowest BCUT2D eigenvalue weighted by Gasteiger charge is -2.26. The predicted molar refractivity (Wildman–Crippen MR) is 147 cm³/mol. The number of ketones is 1. The van der Waals surface area contributed by atoms with Gasteiger partial charge in [-0.2, -0.15) is 5.10 Å². The smallest absolute Gasteiger partial charge is 0.316 e. The Balaban J connectivity index is 1.28. The molecular weight excluding hydrogens is 580 g/mol. The summed E-state index contributed by atoms with van der Waals surface area (Å²) in [6.45, 7) is 3.42. The molecule has 1 N–H and O–H groups in total. The molecule has 4 aromatic rings. The summed E-state index contributed by atoms with van der Waals surface area (Å²) in [6, 6.07) is 5.11. The van der Waals surface area contributed by atoms with Crippen LogP contribution in [0, 0.1) is 5.41 Å². The number of fused-ring (bicyclic) bond motifs is 2. The average molecular weight is 605 g/mol. The number of piperidine rings is 1. The zero-order chi connectivity index (χ0) is 28.2. The van der Waals surface area contributed by atoms with E-state index in [1.54, 1.807) is 17.3 Å². The van der Waals surface area contributed by atoms with Crippen molar-refractivity contribution in [3.63, 3.8) is 0 Å². The minimum Gasteiger partial charge on any atom is -0.467 e. The number of carbonyl (C=O) groups excluding carboxylic acids is 3. The SMILES string of the molecule is COc1ncc(-c2ccc3c(c2)c(C(C)=O)nn3CC(=O)N2C3C[C@]3(C)C[C@H]2C(=O)Nc2cncc(Br)n2)cn1. The molecule has 204 valence electrons. The van der Waals surface area contributed by atoms with Crippen molar-refractivity contribution in [2.45, 2.75) is 45.3 Å². The molecule has 2 amide bonds. The minimum atomic E-state index is -0.646. The van der Waals surface area contributed by atoms with E-state index in [4.69, 9.17) is 4.74 Å². The van der Waals surface area contributed by atoms with Crippen molar-refractivity contribution in [3.05, 3.63) is 53.3 Å². The summed E-state index contributed by atoms with van der Waals surface area (Å²) in [6.07, 6.45) is 7.65. The van der Waals surface area contributed by atoms with Gasteiger partial charge in [-0.15, -0.1) is 0 Å². The maximum atomic E-state index is 13.7. The molecular formula is C27H25BrN8O4. The fourth-order valence-electron chi connectivity index (χ4n) is 5.49. The van der Waals surface area contributed by atoms with Gasteiger partial charge in [-0.25, -0.2) is 15.0 Å². The first-order valence-electron chi connectivity index (χ1n) is 12.6. The molecule has 2 fully saturated rings. The van der Waals surface area contributed by atoms with Crippen LogP contribution in [0.1, 0.15) is 37.2 Å². The Morgan fingerprint density at radius 3 is 2.60 bits per heavy atom. The number of benzene rings is 1. The van der Waals surface area contributed by atoms with Gasteiger partial charge < -0.3 is 15.0 Å². The number of hydrogen-bond donors (Lipinski definition) is 1. The Hall–Kier alpha value is -4.26. The largest absolute Gasteiger partial charge is 0.467 e. The van der Waals surface area contributed by atoms with E-state index in [2.05, 4.69) is 53.2 Å². The molecule has 0 spiro atoms. The first-order chi connectivity index (χ1) is 19.2. The summed E-state index contributed by atoms with van der Waals surface area (Å²) in [5, 5.41) is 7.92. The van der Waals surface area contributed by atoms with Crippen molar-refractivity contribution in [2.24, 2.45) is 5.41 Å². The summed E-state index contributed by atoms with van der Waals surface area (Å²) in [5.74, 6) is -0.462. The third kappa shape index (κ3) is 4.59. The monoisotopic (exact) mass is 604 g/mol. The fourth-order valence-corrected chi connectivity index (χ4v) is 5.80. The molecule has 1 aromatic carbocycles. The van der Waals surface area contributed by atoms with E-state index in [0.29, 0.717) is 27.7 Å². The fraction of sp³-hybridized carbons (Fsp3) is 0.333. The summed E-state index contributed by atoms with van der Waals surface area (Å²) in [7, 11) is 1.49. The molecule has 3 aromatic heterocycles. The molecule has 4 heterocycles. The van der Waals surface area contributed by atoms with E-state index in [9.17, 15) is 14.4 Å². The molecule has 1 unspecified atom stereocenters. The van der Waals surface area contributed by atoms with E-state index in [0.717, 1.165) is 17.5 Å². The molecule has 0 radical (unpaired) electrons. The Morgan fingerprint density at radius 1 is 1.12 bits per heavy atom. The number of aromatic nitrogens is 6. The Labute approximate surface area is 237 Å². The van der Waals surface area contributed by atoms with E-state index in [-0.39, 0.29) is 47.3 Å². The van der Waals surface area contributed by atoms with Gasteiger partial charge in [0.2, 0.25) is 11.8 Å². The molecule has 0 bridgehead atoms. The van der Waals surface area contributed by atoms with Gasteiger partial charge >= 0.3 is 6.01 Å². The molecule has 3 atom stereocenters. The second-order valence-corrected chi connectivity index (χ2v) is 11.2. The van der Waals surface area contributed by atoms with Gasteiger partial charge in [0.05, 0.1) is 25.0 Å². The molecule has 1 aliphatic carbocycles. The Morgan fingerprint density at radius 2 is 1.90 bits per heavy atom. The summed E-state index contributed by atoms with van der Waals surface area (Å²) >= 11 is 3.25. The van der Waals surface area contributed by atoms with E-state index in [1.165, 1.54) is 31.1 Å². The highest BCUT2D eigenvalue weighted by atomic mass is 79.9. The van der Waals surface area contributed by atoms with Crippen molar-refractivity contribution in [3.8, 4) is 17.1 Å². The number of amides is 2. The van der Waals surface area contributed by atoms with Gasteiger partial charge in [-0.05, 0) is 51.9 Å². The number of likely N-dealkylation sites (tertiary alicyclic amines) is 1. The highest BCUT2D eigenvalue weighted by Crippen LogP contribution is 2.59. The van der Waals surface area contributed by atoms with Gasteiger partial charge in [0.1, 0.15) is 22.9 Å². The van der Waals surface area contributed by atoms with Crippen molar-refractivity contribution >= 4 is 50.2 Å². The van der Waals surface area contributed by atoms with Gasteiger partial charge in [-0.1, -0.05) is 13.0 Å². The molecule has 1 aliphatic heterocycles. The number of halogens is 1. The van der Waals surface area contributed by atoms with Crippen molar-refractivity contribution < 1.29 is 19.1 Å². The molecule has 40 heavy (non-hydrogen) atoms. The first kappa shape index (κ1) is 26.0. The molecule has 1 saturated carbocycles. The van der Waals surface area contributed by atoms with Crippen LogP contribution in [0.5, 0.6) is 6.01 Å². The lowest BCUT2D eigenvalue weighted by Crippen LogP contribution is -2.46. The van der Waals surface area contributed by atoms with Gasteiger partial charge in [0.15, 0.2) is 11.6 Å². The van der Waals surface area contributed by atoms with Crippen LogP contribution in [0.25, 0.3) is 22.0 Å². The summed E-state index contributed by atoms with van der Waals surface area (Å²) in [4.78, 5) is 57.7. The number of anilines is 1. The van der Waals surface area contributed by atoms with Gasteiger partial charge in [0, 0.05) is 36.3 Å². The summed E-state index contributed by atoms with van der Waals surface area (Å²) in [5.41, 5.74) is 2.34.